The summed E-state index contributed by atoms with van der Waals surface area (Å²) in [7, 11) is 4.82. The lowest BCUT2D eigenvalue weighted by Crippen LogP contribution is -2.56. The van der Waals surface area contributed by atoms with E-state index in [1.165, 1.54) is 44.9 Å². The van der Waals surface area contributed by atoms with Crippen molar-refractivity contribution in [1.82, 2.24) is 4.48 Å². The Kier molecular flexibility index (Phi) is 7.42. The summed E-state index contributed by atoms with van der Waals surface area (Å²) in [6.07, 6.45) is 15.2. The molecule has 1 heterocycles. The fourth-order valence-corrected chi connectivity index (χ4v) is 3.46. The van der Waals surface area contributed by atoms with E-state index >= 15 is 0 Å². The Bertz CT molecular complexity index is 377. The highest BCUT2D eigenvalue weighted by Gasteiger charge is 2.27. The first-order valence-electron chi connectivity index (χ1n) is 8.98. The maximum atomic E-state index is 2.55. The molecule has 0 fully saturated rings. The number of unbranched alkanes of at least 4 members (excludes halogenated alkanes) is 2. The number of hydrogen-bond acceptors (Lipinski definition) is 0. The number of nitrogens with zero attached hydrogens (tertiary/aromatic N) is 3. The predicted octanol–water partition coefficient (Wildman–Crippen LogP) is 1.89. The molecule has 0 bridgehead atoms. The molecule has 1 rings (SSSR count). The summed E-state index contributed by atoms with van der Waals surface area (Å²) in [6, 6.07) is 0. The summed E-state index contributed by atoms with van der Waals surface area (Å²) in [4.78, 5) is 0. The van der Waals surface area contributed by atoms with Crippen LogP contribution >= 0.6 is 0 Å². The van der Waals surface area contributed by atoms with Gasteiger partial charge in [-0.1, -0.05) is 45.9 Å². The van der Waals surface area contributed by atoms with E-state index in [2.05, 4.69) is 62.5 Å². The van der Waals surface area contributed by atoms with Gasteiger partial charge in [0, 0.05) is 20.6 Å². The predicted molar refractivity (Wildman–Crippen MR) is 93.2 cm³/mol. The van der Waals surface area contributed by atoms with Crippen molar-refractivity contribution in [2.75, 3.05) is 20.6 Å². The Morgan fingerprint density at radius 2 is 1.85 bits per heavy atom. The molecule has 0 aliphatic carbocycles. The van der Waals surface area contributed by atoms with Gasteiger partial charge in [0.05, 0.1) is 12.4 Å². The molecule has 116 valence electrons. The fourth-order valence-electron chi connectivity index (χ4n) is 3.46. The zero-order valence-corrected chi connectivity index (χ0v) is 14.7. The van der Waals surface area contributed by atoms with Crippen molar-refractivity contribution >= 4 is 14.4 Å². The highest BCUT2D eigenvalue weighted by molar-refractivity contribution is 6.49. The second-order valence-electron chi connectivity index (χ2n) is 7.31. The summed E-state index contributed by atoms with van der Waals surface area (Å²) < 4.78 is 6.20. The van der Waals surface area contributed by atoms with Gasteiger partial charge in [0.2, 0.25) is 0 Å². The van der Waals surface area contributed by atoms with Crippen LogP contribution in [0.25, 0.3) is 0 Å². The second-order valence-corrected chi connectivity index (χ2v) is 7.31. The average molecular weight is 279 g/mol. The van der Waals surface area contributed by atoms with Gasteiger partial charge in [-0.15, -0.1) is 6.32 Å². The van der Waals surface area contributed by atoms with Crippen LogP contribution in [0.4, 0.5) is 0 Å². The van der Waals surface area contributed by atoms with Crippen LogP contribution < -0.4 is 4.48 Å². The van der Waals surface area contributed by atoms with E-state index in [1.807, 2.05) is 0 Å². The zero-order chi connectivity index (χ0) is 15.0. The molecule has 1 aromatic rings. The van der Waals surface area contributed by atoms with Gasteiger partial charge in [-0.25, -0.2) is 0 Å². The second kappa shape index (κ2) is 8.56. The molecule has 5 heteroatoms. The fraction of sp³-hybridized carbons (Fsp3) is 0.800. The molecule has 0 aliphatic heterocycles. The standard InChI is InChI=1S/C15H35B2N3/c1-6-9-11-16-18-13-14-19(15-18)17(12-10-7-2)20(4,5)8-3/h13-15,17H,6-12,16H2,1-5H3/t17-/m0/s1. The molecule has 0 amide bonds. The Hall–Kier alpha value is -0.700. The molecule has 1 atom stereocenters. The molecular weight excluding hydrogens is 244 g/mol. The van der Waals surface area contributed by atoms with Gasteiger partial charge in [-0.3, -0.25) is 0 Å². The number of imidazole rings is 1. The van der Waals surface area contributed by atoms with Crippen molar-refractivity contribution < 1.29 is 8.87 Å². The summed E-state index contributed by atoms with van der Waals surface area (Å²) in [6.45, 7) is 7.76. The van der Waals surface area contributed by atoms with Crippen LogP contribution in [0.2, 0.25) is 12.6 Å². The van der Waals surface area contributed by atoms with Crippen LogP contribution in [-0.2, 0) is 0 Å². The smallest absolute Gasteiger partial charge is 0.384 e. The Morgan fingerprint density at radius 1 is 1.15 bits per heavy atom. The van der Waals surface area contributed by atoms with Crippen LogP contribution in [0, 0.1) is 0 Å². The van der Waals surface area contributed by atoms with Gasteiger partial charge in [-0.2, -0.15) is 0 Å². The molecule has 1 aromatic heterocycles. The molecule has 3 nitrogen and oxygen atoms in total. The van der Waals surface area contributed by atoms with Crippen molar-refractivity contribution in [1.29, 1.82) is 0 Å². The normalized spacial score (nSPS) is 13.7. The summed E-state index contributed by atoms with van der Waals surface area (Å²) in [5.74, 6) is 0. The maximum absolute atomic E-state index is 2.55. The van der Waals surface area contributed by atoms with Crippen LogP contribution in [0.15, 0.2) is 18.7 Å². The lowest BCUT2D eigenvalue weighted by atomic mass is 9.66. The SMILES string of the molecule is CCCC[BH2-][n+]1ccn([B@H-](CCCC)[N+](C)(C)CC)c1. The summed E-state index contributed by atoms with van der Waals surface area (Å²) >= 11 is 0. The third-order valence-electron chi connectivity index (χ3n) is 5.31. The quantitative estimate of drug-likeness (QED) is 0.457. The highest BCUT2D eigenvalue weighted by Crippen LogP contribution is 2.13. The van der Waals surface area contributed by atoms with Crippen LogP contribution in [0.3, 0.4) is 0 Å². The minimum atomic E-state index is -0.359. The van der Waals surface area contributed by atoms with Crippen molar-refractivity contribution in [3.05, 3.63) is 18.7 Å². The van der Waals surface area contributed by atoms with Crippen molar-refractivity contribution in [3.8, 4) is 0 Å². The van der Waals surface area contributed by atoms with Crippen molar-refractivity contribution in [3.63, 3.8) is 0 Å². The summed E-state index contributed by atoms with van der Waals surface area (Å²) in [5, 5.41) is 0. The minimum Gasteiger partial charge on any atom is -0.483 e. The highest BCUT2D eigenvalue weighted by atomic mass is 15.3. The lowest BCUT2D eigenvalue weighted by molar-refractivity contribution is -0.785. The maximum Gasteiger partial charge on any atom is 0.384 e. The molecule has 20 heavy (non-hydrogen) atoms. The van der Waals surface area contributed by atoms with E-state index in [1.54, 1.807) is 0 Å². The first-order chi connectivity index (χ1) is 9.55. The topological polar surface area (TPSA) is 8.81 Å². The first kappa shape index (κ1) is 17.4. The number of hydrogen-bond donors (Lipinski definition) is 0. The Balaban J connectivity index is 2.75. The largest absolute Gasteiger partial charge is 0.483 e. The van der Waals surface area contributed by atoms with E-state index in [4.69, 9.17) is 0 Å². The van der Waals surface area contributed by atoms with Gasteiger partial charge >= 0.3 is 6.98 Å². The molecule has 0 aromatic carbocycles. The van der Waals surface area contributed by atoms with Crippen molar-refractivity contribution in [2.24, 2.45) is 0 Å². The van der Waals surface area contributed by atoms with E-state index in [9.17, 15) is 0 Å². The monoisotopic (exact) mass is 279 g/mol. The average Bonchev–Trinajstić information content (AvgIpc) is 2.88. The number of quaternary nitrogens is 1. The molecule has 0 spiro atoms. The van der Waals surface area contributed by atoms with E-state index in [-0.39, 0.29) is 14.4 Å². The molecule has 0 radical (unpaired) electrons. The molecular formula is C15H35B2N3. The molecule has 0 saturated heterocycles. The molecule has 0 aliphatic rings. The molecule has 0 saturated carbocycles. The minimum absolute atomic E-state index is 0.0262. The molecule has 0 N–H and O–H groups in total. The van der Waals surface area contributed by atoms with Gasteiger partial charge in [0.15, 0.2) is 13.7 Å². The van der Waals surface area contributed by atoms with Crippen LogP contribution in [-0.4, -0.2) is 43.9 Å². The molecule has 0 unspecified atom stereocenters. The number of aromatic nitrogens is 2. The van der Waals surface area contributed by atoms with Gasteiger partial charge in [0.25, 0.3) is 0 Å². The van der Waals surface area contributed by atoms with E-state index in [0.717, 1.165) is 4.39 Å². The van der Waals surface area contributed by atoms with Crippen LogP contribution in [0.5, 0.6) is 0 Å². The van der Waals surface area contributed by atoms with E-state index < -0.39 is 0 Å². The lowest BCUT2D eigenvalue weighted by Gasteiger charge is -2.42. The number of rotatable bonds is 10. The Morgan fingerprint density at radius 3 is 2.45 bits per heavy atom. The van der Waals surface area contributed by atoms with Crippen LogP contribution in [0.1, 0.15) is 46.5 Å². The third-order valence-corrected chi connectivity index (χ3v) is 5.31. The first-order valence-corrected chi connectivity index (χ1v) is 8.98. The zero-order valence-electron chi connectivity index (χ0n) is 14.7. The third kappa shape index (κ3) is 5.01. The van der Waals surface area contributed by atoms with Gasteiger partial charge in [0.1, 0.15) is 0 Å². The van der Waals surface area contributed by atoms with Crippen molar-refractivity contribution in [2.45, 2.75) is 59.1 Å². The van der Waals surface area contributed by atoms with Gasteiger partial charge < -0.3 is 13.4 Å². The van der Waals surface area contributed by atoms with Gasteiger partial charge in [-0.05, 0) is 6.92 Å². The Labute approximate surface area is 127 Å². The summed E-state index contributed by atoms with van der Waals surface area (Å²) in [5.41, 5.74) is 0. The van der Waals surface area contributed by atoms with E-state index in [0.29, 0.717) is 0 Å².